The highest BCUT2D eigenvalue weighted by molar-refractivity contribution is 5.91. The molecular formula is C32H34F9N5O3. The molecule has 0 aliphatic carbocycles. The molecule has 0 saturated carbocycles. The molecule has 3 atom stereocenters. The van der Waals surface area contributed by atoms with E-state index < -0.39 is 59.3 Å². The van der Waals surface area contributed by atoms with Crippen LogP contribution in [0.25, 0.3) is 0 Å². The molecule has 2 heterocycles. The van der Waals surface area contributed by atoms with Crippen LogP contribution in [-0.4, -0.2) is 48.1 Å². The number of carbonyl (C=O) groups excluding carboxylic acids is 1. The number of anilines is 2. The first-order valence-corrected chi connectivity index (χ1v) is 15.1. The van der Waals surface area contributed by atoms with E-state index in [4.69, 9.17) is 15.2 Å². The topological polar surface area (TPSA) is 103 Å². The van der Waals surface area contributed by atoms with Gasteiger partial charge in [-0.2, -0.15) is 39.5 Å². The Balaban J connectivity index is 1.93. The van der Waals surface area contributed by atoms with Crippen LogP contribution in [0.5, 0.6) is 0 Å². The second-order valence-corrected chi connectivity index (χ2v) is 11.6. The van der Waals surface area contributed by atoms with Crippen molar-refractivity contribution in [3.63, 3.8) is 0 Å². The van der Waals surface area contributed by atoms with Gasteiger partial charge in [0, 0.05) is 26.0 Å². The number of rotatable bonds is 9. The predicted octanol–water partition coefficient (Wildman–Crippen LogP) is 8.13. The van der Waals surface area contributed by atoms with Crippen LogP contribution in [0.1, 0.15) is 78.9 Å². The van der Waals surface area contributed by atoms with Crippen molar-refractivity contribution in [3.05, 3.63) is 81.9 Å². The van der Waals surface area contributed by atoms with Crippen molar-refractivity contribution in [3.8, 4) is 0 Å². The molecule has 2 aromatic carbocycles. The highest BCUT2D eigenvalue weighted by Gasteiger charge is 2.47. The molecule has 0 saturated heterocycles. The normalized spacial score (nSPS) is 19.0. The van der Waals surface area contributed by atoms with E-state index in [1.807, 2.05) is 0 Å². The zero-order chi connectivity index (χ0) is 36.5. The van der Waals surface area contributed by atoms with Crippen molar-refractivity contribution in [2.24, 2.45) is 5.73 Å². The molecule has 1 unspecified atom stereocenters. The van der Waals surface area contributed by atoms with E-state index in [-0.39, 0.29) is 72.2 Å². The van der Waals surface area contributed by atoms with Gasteiger partial charge in [-0.1, -0.05) is 6.92 Å². The first kappa shape index (κ1) is 37.7. The Kier molecular flexibility index (Phi) is 10.8. The minimum Gasteiger partial charge on any atom is -0.449 e. The van der Waals surface area contributed by atoms with Crippen molar-refractivity contribution in [1.29, 1.82) is 0 Å². The van der Waals surface area contributed by atoms with Crippen molar-refractivity contribution in [2.45, 2.75) is 76.2 Å². The lowest BCUT2D eigenvalue weighted by molar-refractivity contribution is -0.143. The summed E-state index contributed by atoms with van der Waals surface area (Å²) >= 11 is 0. The fourth-order valence-corrected chi connectivity index (χ4v) is 5.54. The summed E-state index contributed by atoms with van der Waals surface area (Å²) in [5.41, 5.74) is 0.794. The number of alkyl halides is 9. The van der Waals surface area contributed by atoms with E-state index >= 15 is 0 Å². The largest absolute Gasteiger partial charge is 0.449 e. The third kappa shape index (κ3) is 8.37. The van der Waals surface area contributed by atoms with Gasteiger partial charge in [0.2, 0.25) is 0 Å². The molecule has 0 fully saturated rings. The quantitative estimate of drug-likeness (QED) is 0.217. The Morgan fingerprint density at radius 2 is 1.61 bits per heavy atom. The number of ether oxygens (including phenoxy) is 2. The van der Waals surface area contributed by atoms with Gasteiger partial charge < -0.3 is 20.5 Å². The average Bonchev–Trinajstić information content (AvgIpc) is 3.02. The molecule has 0 radical (unpaired) electrons. The smallest absolute Gasteiger partial charge is 0.416 e. The van der Waals surface area contributed by atoms with E-state index in [9.17, 15) is 44.3 Å². The SMILES string of the molecule is CCOC(=O)N1c2ccc(C(F)(F)F)cc2[C@@H](c2ncc(NCC(C)OC)c(Cc3cc(C(F)(F)F)cc(C(F)(F)F)c3)n2)C[C@@]1(N)CC. The lowest BCUT2D eigenvalue weighted by atomic mass is 9.80. The monoisotopic (exact) mass is 707 g/mol. The zero-order valence-corrected chi connectivity index (χ0v) is 26.8. The highest BCUT2D eigenvalue weighted by atomic mass is 19.4. The molecule has 4 rings (SSSR count). The molecule has 0 spiro atoms. The fourth-order valence-electron chi connectivity index (χ4n) is 5.54. The van der Waals surface area contributed by atoms with Gasteiger partial charge in [0.15, 0.2) is 0 Å². The maximum atomic E-state index is 13.9. The van der Waals surface area contributed by atoms with Crippen LogP contribution >= 0.6 is 0 Å². The van der Waals surface area contributed by atoms with Crippen LogP contribution in [0.2, 0.25) is 0 Å². The number of carbonyl (C=O) groups is 1. The molecule has 49 heavy (non-hydrogen) atoms. The predicted molar refractivity (Wildman–Crippen MR) is 161 cm³/mol. The number of aromatic nitrogens is 2. The second kappa shape index (κ2) is 14.0. The fraction of sp³-hybridized carbons (Fsp3) is 0.469. The Labute approximate surface area is 275 Å². The van der Waals surface area contributed by atoms with E-state index in [0.717, 1.165) is 23.1 Å². The summed E-state index contributed by atoms with van der Waals surface area (Å²) in [7, 11) is 1.43. The summed E-state index contributed by atoms with van der Waals surface area (Å²) in [6.07, 6.45) is -15.7. The Morgan fingerprint density at radius 3 is 2.14 bits per heavy atom. The molecule has 1 aliphatic rings. The van der Waals surface area contributed by atoms with Gasteiger partial charge in [-0.3, -0.25) is 4.90 Å². The molecular weight excluding hydrogens is 673 g/mol. The number of methoxy groups -OCH3 is 1. The number of halogens is 9. The van der Waals surface area contributed by atoms with Crippen LogP contribution in [0.3, 0.4) is 0 Å². The van der Waals surface area contributed by atoms with Crippen LogP contribution in [0.15, 0.2) is 42.6 Å². The van der Waals surface area contributed by atoms with Crippen LogP contribution in [0.4, 0.5) is 55.7 Å². The summed E-state index contributed by atoms with van der Waals surface area (Å²) in [4.78, 5) is 23.1. The first-order valence-electron chi connectivity index (χ1n) is 15.1. The van der Waals surface area contributed by atoms with E-state index in [0.29, 0.717) is 12.1 Å². The summed E-state index contributed by atoms with van der Waals surface area (Å²) < 4.78 is 134. The number of nitrogens with one attached hydrogen (secondary N) is 1. The van der Waals surface area contributed by atoms with Gasteiger partial charge in [-0.15, -0.1) is 0 Å². The number of hydrogen-bond acceptors (Lipinski definition) is 7. The number of benzene rings is 2. The van der Waals surface area contributed by atoms with Gasteiger partial charge in [-0.05, 0) is 74.2 Å². The molecule has 8 nitrogen and oxygen atoms in total. The van der Waals surface area contributed by atoms with Crippen molar-refractivity contribution in [2.75, 3.05) is 30.5 Å². The van der Waals surface area contributed by atoms with Crippen LogP contribution in [0, 0.1) is 0 Å². The van der Waals surface area contributed by atoms with E-state index in [1.165, 1.54) is 13.3 Å². The molecule has 17 heteroatoms. The van der Waals surface area contributed by atoms with Gasteiger partial charge in [0.25, 0.3) is 0 Å². The van der Waals surface area contributed by atoms with Crippen molar-refractivity contribution < 1.29 is 53.8 Å². The molecule has 268 valence electrons. The summed E-state index contributed by atoms with van der Waals surface area (Å²) in [5, 5.41) is 2.98. The minimum atomic E-state index is -5.10. The van der Waals surface area contributed by atoms with Crippen molar-refractivity contribution in [1.82, 2.24) is 9.97 Å². The molecule has 1 aromatic heterocycles. The standard InChI is InChI=1S/C32H34F9N5O3/c1-5-29(42)14-23(22-13-19(30(33,34)35)7-8-26(22)46(29)28(47)49-6-2)27-44-16-25(43-15-17(3)48-4)24(45-27)11-18-9-20(31(36,37)38)12-21(10-18)32(39,40)41/h7-10,12-13,16-17,23,43H,5-6,11,14-15,42H2,1-4H3/t17?,23-,29+/m0/s1. The van der Waals surface area contributed by atoms with Gasteiger partial charge >= 0.3 is 24.6 Å². The van der Waals surface area contributed by atoms with Crippen LogP contribution < -0.4 is 16.0 Å². The third-order valence-corrected chi connectivity index (χ3v) is 8.24. The molecule has 3 N–H and O–H groups in total. The molecule has 3 aromatic rings. The Hall–Kier alpha value is -4.12. The van der Waals surface area contributed by atoms with E-state index in [2.05, 4.69) is 15.3 Å². The lowest BCUT2D eigenvalue weighted by Gasteiger charge is -2.46. The summed E-state index contributed by atoms with van der Waals surface area (Å²) in [5.74, 6) is -1.21. The van der Waals surface area contributed by atoms with Gasteiger partial charge in [0.05, 0.1) is 52.7 Å². The Bertz CT molecular complexity index is 1630. The molecule has 1 amide bonds. The zero-order valence-electron chi connectivity index (χ0n) is 26.8. The van der Waals surface area contributed by atoms with Gasteiger partial charge in [0.1, 0.15) is 11.5 Å². The number of hydrogen-bond donors (Lipinski definition) is 2. The second-order valence-electron chi connectivity index (χ2n) is 11.6. The third-order valence-electron chi connectivity index (χ3n) is 8.24. The number of nitrogens with zero attached hydrogens (tertiary/aromatic N) is 3. The summed E-state index contributed by atoms with van der Waals surface area (Å²) in [6.45, 7) is 4.98. The van der Waals surface area contributed by atoms with Crippen LogP contribution in [-0.2, 0) is 34.4 Å². The molecule has 1 aliphatic heterocycles. The van der Waals surface area contributed by atoms with Crippen molar-refractivity contribution >= 4 is 17.5 Å². The molecule has 0 bridgehead atoms. The minimum absolute atomic E-state index is 0.000943. The maximum absolute atomic E-state index is 13.9. The average molecular weight is 708 g/mol. The van der Waals surface area contributed by atoms with Gasteiger partial charge in [-0.25, -0.2) is 14.8 Å². The number of amides is 1. The Morgan fingerprint density at radius 1 is 1.00 bits per heavy atom. The summed E-state index contributed by atoms with van der Waals surface area (Å²) in [6, 6.07) is 3.85. The number of fused-ring (bicyclic) bond motifs is 1. The first-order chi connectivity index (χ1) is 22.7. The lowest BCUT2D eigenvalue weighted by Crippen LogP contribution is -2.61. The maximum Gasteiger partial charge on any atom is 0.416 e. The number of nitrogens with two attached hydrogens (primary N) is 1. The highest BCUT2D eigenvalue weighted by Crippen LogP contribution is 2.47. The van der Waals surface area contributed by atoms with E-state index in [1.54, 1.807) is 20.8 Å².